The molecule has 1 aliphatic heterocycles. The molecule has 0 bridgehead atoms. The molecule has 5 nitrogen and oxygen atoms in total. The molecule has 0 aromatic carbocycles. The lowest BCUT2D eigenvalue weighted by Crippen LogP contribution is -2.47. The summed E-state index contributed by atoms with van der Waals surface area (Å²) in [6.07, 6.45) is 13.0. The van der Waals surface area contributed by atoms with E-state index in [1.165, 1.54) is 44.9 Å². The van der Waals surface area contributed by atoms with Crippen LogP contribution in [-0.4, -0.2) is 64.0 Å². The first kappa shape index (κ1) is 22.2. The molecule has 0 aromatic heterocycles. The van der Waals surface area contributed by atoms with Crippen molar-refractivity contribution in [1.82, 2.24) is 10.2 Å². The molecule has 0 saturated carbocycles. The highest BCUT2D eigenvalue weighted by molar-refractivity contribution is 5.79. The van der Waals surface area contributed by atoms with Gasteiger partial charge in [0.05, 0.1) is 6.10 Å². The molecular weight excluding hydrogens is 314 g/mol. The summed E-state index contributed by atoms with van der Waals surface area (Å²) >= 11 is 0. The Morgan fingerprint density at radius 1 is 1.00 bits per heavy atom. The second-order valence-electron chi connectivity index (χ2n) is 7.00. The quantitative estimate of drug-likeness (QED) is 0.310. The van der Waals surface area contributed by atoms with Crippen molar-refractivity contribution in [3.63, 3.8) is 0 Å². The second-order valence-corrected chi connectivity index (χ2v) is 7.00. The van der Waals surface area contributed by atoms with Crippen LogP contribution in [0.2, 0.25) is 0 Å². The number of aliphatic imine (C=N–C) groups is 1. The summed E-state index contributed by atoms with van der Waals surface area (Å²) in [5, 5.41) is 3.53. The highest BCUT2D eigenvalue weighted by Crippen LogP contribution is 2.14. The minimum atomic E-state index is 0.398. The third-order valence-electron chi connectivity index (χ3n) is 4.86. The normalized spacial score (nSPS) is 16.4. The molecular formula is C20H41N3O2. The third kappa shape index (κ3) is 10.7. The molecule has 0 atom stereocenters. The van der Waals surface area contributed by atoms with Gasteiger partial charge in [-0.15, -0.1) is 0 Å². The van der Waals surface area contributed by atoms with Crippen LogP contribution in [0.4, 0.5) is 0 Å². The van der Waals surface area contributed by atoms with Gasteiger partial charge < -0.3 is 19.7 Å². The molecule has 1 N–H and O–H groups in total. The topological polar surface area (TPSA) is 46.1 Å². The Hall–Kier alpha value is -0.810. The van der Waals surface area contributed by atoms with E-state index in [0.29, 0.717) is 6.10 Å². The highest BCUT2D eigenvalue weighted by atomic mass is 16.5. The van der Waals surface area contributed by atoms with Crippen LogP contribution >= 0.6 is 0 Å². The van der Waals surface area contributed by atoms with E-state index in [4.69, 9.17) is 9.47 Å². The summed E-state index contributed by atoms with van der Waals surface area (Å²) in [7, 11) is 3.63. The van der Waals surface area contributed by atoms with Gasteiger partial charge >= 0.3 is 0 Å². The summed E-state index contributed by atoms with van der Waals surface area (Å²) in [5.74, 6) is 1.06. The van der Waals surface area contributed by atoms with E-state index in [-0.39, 0.29) is 0 Å². The molecule has 1 saturated heterocycles. The Kier molecular flexibility index (Phi) is 13.7. The van der Waals surface area contributed by atoms with Crippen molar-refractivity contribution in [2.75, 3.05) is 47.0 Å². The smallest absolute Gasteiger partial charge is 0.193 e. The van der Waals surface area contributed by atoms with Crippen LogP contribution in [0.3, 0.4) is 0 Å². The SMILES string of the molecule is CCCCCCCCCNC(=NC)N1CCC(OCCCOC)CC1. The predicted molar refractivity (Wildman–Crippen MR) is 106 cm³/mol. The predicted octanol–water partition coefficient (Wildman–Crippen LogP) is 3.83. The van der Waals surface area contributed by atoms with Crippen molar-refractivity contribution in [3.8, 4) is 0 Å². The Bertz CT molecular complexity index is 329. The van der Waals surface area contributed by atoms with Gasteiger partial charge in [0, 0.05) is 47.0 Å². The van der Waals surface area contributed by atoms with E-state index in [2.05, 4.69) is 22.1 Å². The average Bonchev–Trinajstić information content (AvgIpc) is 2.65. The fourth-order valence-electron chi connectivity index (χ4n) is 3.30. The van der Waals surface area contributed by atoms with Crippen molar-refractivity contribution >= 4 is 5.96 Å². The molecule has 1 aliphatic rings. The number of methoxy groups -OCH3 is 1. The van der Waals surface area contributed by atoms with Crippen molar-refractivity contribution in [2.45, 2.75) is 77.2 Å². The van der Waals surface area contributed by atoms with Crippen LogP contribution in [0.15, 0.2) is 4.99 Å². The van der Waals surface area contributed by atoms with Gasteiger partial charge in [0.25, 0.3) is 0 Å². The zero-order chi connectivity index (χ0) is 18.2. The minimum Gasteiger partial charge on any atom is -0.385 e. The summed E-state index contributed by atoms with van der Waals surface area (Å²) < 4.78 is 11.0. The number of unbranched alkanes of at least 4 members (excludes halogenated alkanes) is 6. The van der Waals surface area contributed by atoms with Crippen molar-refractivity contribution in [2.24, 2.45) is 4.99 Å². The summed E-state index contributed by atoms with van der Waals surface area (Å²) in [4.78, 5) is 6.83. The number of piperidine rings is 1. The highest BCUT2D eigenvalue weighted by Gasteiger charge is 2.21. The van der Waals surface area contributed by atoms with Gasteiger partial charge in [0.1, 0.15) is 0 Å². The Balaban J connectivity index is 2.07. The van der Waals surface area contributed by atoms with Gasteiger partial charge in [0.15, 0.2) is 5.96 Å². The molecule has 0 spiro atoms. The molecule has 25 heavy (non-hydrogen) atoms. The molecule has 0 unspecified atom stereocenters. The number of nitrogens with zero attached hydrogens (tertiary/aromatic N) is 2. The van der Waals surface area contributed by atoms with Crippen LogP contribution in [0.1, 0.15) is 71.1 Å². The average molecular weight is 356 g/mol. The van der Waals surface area contributed by atoms with Crippen molar-refractivity contribution in [3.05, 3.63) is 0 Å². The maximum absolute atomic E-state index is 5.93. The number of nitrogens with one attached hydrogen (secondary N) is 1. The van der Waals surface area contributed by atoms with Gasteiger partial charge in [-0.05, 0) is 25.7 Å². The lowest BCUT2D eigenvalue weighted by Gasteiger charge is -2.34. The lowest BCUT2D eigenvalue weighted by molar-refractivity contribution is 0.00991. The standard InChI is InChI=1S/C20H41N3O2/c1-4-5-6-7-8-9-10-14-22-20(21-2)23-15-12-19(13-16-23)25-18-11-17-24-3/h19H,4-18H2,1-3H3,(H,21,22). The first-order valence-electron chi connectivity index (χ1n) is 10.4. The van der Waals surface area contributed by atoms with Gasteiger partial charge in [-0.1, -0.05) is 45.4 Å². The molecule has 5 heteroatoms. The van der Waals surface area contributed by atoms with Crippen molar-refractivity contribution < 1.29 is 9.47 Å². The van der Waals surface area contributed by atoms with Crippen LogP contribution in [-0.2, 0) is 9.47 Å². The molecule has 0 aromatic rings. The maximum Gasteiger partial charge on any atom is 0.193 e. The van der Waals surface area contributed by atoms with E-state index in [9.17, 15) is 0 Å². The maximum atomic E-state index is 5.93. The van der Waals surface area contributed by atoms with Crippen LogP contribution in [0.5, 0.6) is 0 Å². The van der Waals surface area contributed by atoms with E-state index in [0.717, 1.165) is 58.1 Å². The lowest BCUT2D eigenvalue weighted by atomic mass is 10.1. The van der Waals surface area contributed by atoms with Gasteiger partial charge in [0.2, 0.25) is 0 Å². The third-order valence-corrected chi connectivity index (χ3v) is 4.86. The molecule has 1 fully saturated rings. The van der Waals surface area contributed by atoms with E-state index in [1.807, 2.05) is 7.05 Å². The van der Waals surface area contributed by atoms with Gasteiger partial charge in [-0.3, -0.25) is 4.99 Å². The Morgan fingerprint density at radius 2 is 1.68 bits per heavy atom. The molecule has 0 amide bonds. The van der Waals surface area contributed by atoms with E-state index >= 15 is 0 Å². The summed E-state index contributed by atoms with van der Waals surface area (Å²) in [6, 6.07) is 0. The fourth-order valence-corrected chi connectivity index (χ4v) is 3.30. The van der Waals surface area contributed by atoms with Gasteiger partial charge in [-0.25, -0.2) is 0 Å². The first-order chi connectivity index (χ1) is 12.3. The minimum absolute atomic E-state index is 0.398. The number of rotatable bonds is 13. The molecule has 148 valence electrons. The molecule has 1 rings (SSSR count). The summed E-state index contributed by atoms with van der Waals surface area (Å²) in [5.41, 5.74) is 0. The number of hydrogen-bond acceptors (Lipinski definition) is 3. The fraction of sp³-hybridized carbons (Fsp3) is 0.950. The van der Waals surface area contributed by atoms with Crippen LogP contribution < -0.4 is 5.32 Å². The first-order valence-corrected chi connectivity index (χ1v) is 10.4. The second kappa shape index (κ2) is 15.4. The number of ether oxygens (including phenoxy) is 2. The molecule has 0 radical (unpaired) electrons. The van der Waals surface area contributed by atoms with Crippen LogP contribution in [0.25, 0.3) is 0 Å². The van der Waals surface area contributed by atoms with Gasteiger partial charge in [-0.2, -0.15) is 0 Å². The van der Waals surface area contributed by atoms with E-state index < -0.39 is 0 Å². The molecule has 0 aliphatic carbocycles. The Labute approximate surface area is 155 Å². The van der Waals surface area contributed by atoms with Crippen molar-refractivity contribution in [1.29, 1.82) is 0 Å². The monoisotopic (exact) mass is 355 g/mol. The van der Waals surface area contributed by atoms with Crippen LogP contribution in [0, 0.1) is 0 Å². The number of guanidine groups is 1. The molecule has 1 heterocycles. The number of hydrogen-bond donors (Lipinski definition) is 1. The zero-order valence-corrected chi connectivity index (χ0v) is 16.9. The van der Waals surface area contributed by atoms with E-state index in [1.54, 1.807) is 7.11 Å². The Morgan fingerprint density at radius 3 is 2.32 bits per heavy atom. The number of likely N-dealkylation sites (tertiary alicyclic amines) is 1. The largest absolute Gasteiger partial charge is 0.385 e. The zero-order valence-electron chi connectivity index (χ0n) is 16.9. The summed E-state index contributed by atoms with van der Waals surface area (Å²) in [6.45, 7) is 6.97.